The largest absolute Gasteiger partial charge is 0.496 e. The third-order valence-electron chi connectivity index (χ3n) is 5.15. The molecule has 3 heterocycles. The molecule has 7 heteroatoms. The fourth-order valence-electron chi connectivity index (χ4n) is 3.80. The van der Waals surface area contributed by atoms with E-state index in [0.29, 0.717) is 6.04 Å². The Balaban J connectivity index is 1.86. The Bertz CT molecular complexity index is 862. The molecular weight excluding hydrogens is 426 g/mol. The summed E-state index contributed by atoms with van der Waals surface area (Å²) in [6.07, 6.45) is 2.92. The number of hydrogen-bond donors (Lipinski definition) is 0. The van der Waals surface area contributed by atoms with Crippen molar-refractivity contribution in [1.82, 2.24) is 9.88 Å². The van der Waals surface area contributed by atoms with Crippen LogP contribution in [0.4, 0.5) is 0 Å². The number of ether oxygens (including phenoxy) is 2. The second kappa shape index (κ2) is 7.72. The van der Waals surface area contributed by atoms with Crippen LogP contribution in [0.2, 0.25) is 0 Å². The first-order valence-electron chi connectivity index (χ1n) is 8.99. The number of fused-ring (bicyclic) bond motifs is 1. The summed E-state index contributed by atoms with van der Waals surface area (Å²) < 4.78 is 12.1. The molecule has 2 aliphatic rings. The van der Waals surface area contributed by atoms with E-state index in [2.05, 4.69) is 44.9 Å². The van der Waals surface area contributed by atoms with Crippen molar-refractivity contribution < 1.29 is 9.47 Å². The Hall–Kier alpha value is -1.73. The van der Waals surface area contributed by atoms with E-state index in [1.54, 1.807) is 14.2 Å². The predicted octanol–water partition coefficient (Wildman–Crippen LogP) is 4.84. The zero-order valence-corrected chi connectivity index (χ0v) is 18.0. The molecule has 2 aromatic rings. The molecule has 0 saturated carbocycles. The van der Waals surface area contributed by atoms with Crippen molar-refractivity contribution in [3.05, 3.63) is 52.3 Å². The fourth-order valence-corrected chi connectivity index (χ4v) is 5.66. The lowest BCUT2D eigenvalue weighted by molar-refractivity contribution is 0.248. The molecule has 0 radical (unpaired) electrons. The maximum atomic E-state index is 5.75. The number of aromatic nitrogens is 1. The van der Waals surface area contributed by atoms with Crippen LogP contribution in [0.5, 0.6) is 11.5 Å². The molecular formula is C20H22BrN3O2S. The lowest BCUT2D eigenvalue weighted by atomic mass is 9.94. The average molecular weight is 448 g/mol. The van der Waals surface area contributed by atoms with Crippen molar-refractivity contribution in [2.24, 2.45) is 4.99 Å². The first-order valence-corrected chi connectivity index (χ1v) is 10.8. The van der Waals surface area contributed by atoms with Gasteiger partial charge in [0.1, 0.15) is 17.5 Å². The molecule has 3 atom stereocenters. The highest BCUT2D eigenvalue weighted by Gasteiger charge is 2.46. The van der Waals surface area contributed by atoms with Crippen molar-refractivity contribution in [2.75, 3.05) is 20.0 Å². The molecule has 1 aromatic carbocycles. The zero-order valence-electron chi connectivity index (χ0n) is 15.6. The summed E-state index contributed by atoms with van der Waals surface area (Å²) in [5, 5.41) is 1.11. The second-order valence-corrected chi connectivity index (χ2v) is 8.41. The van der Waals surface area contributed by atoms with E-state index in [4.69, 9.17) is 14.5 Å². The predicted molar refractivity (Wildman–Crippen MR) is 113 cm³/mol. The topological polar surface area (TPSA) is 47.0 Å². The molecule has 27 heavy (non-hydrogen) atoms. The standard InChI is InChI=1S/C20H22BrN3O2S/c1-4-12-11-27-20-23-18(15-7-5-6-8-22-15)19(24(12)20)13-9-14(21)17(26-3)10-16(13)25-2/h5-10,12,18-19H,4,11H2,1-3H3. The van der Waals surface area contributed by atoms with Crippen LogP contribution in [0.3, 0.4) is 0 Å². The third kappa shape index (κ3) is 3.21. The molecule has 5 nitrogen and oxygen atoms in total. The van der Waals surface area contributed by atoms with Gasteiger partial charge in [-0.15, -0.1) is 0 Å². The maximum absolute atomic E-state index is 5.75. The summed E-state index contributed by atoms with van der Waals surface area (Å²) in [6, 6.07) is 10.5. The molecule has 0 aliphatic carbocycles. The van der Waals surface area contributed by atoms with E-state index >= 15 is 0 Å². The van der Waals surface area contributed by atoms with E-state index in [1.807, 2.05) is 36.2 Å². The van der Waals surface area contributed by atoms with Crippen molar-refractivity contribution >= 4 is 32.9 Å². The molecule has 1 aromatic heterocycles. The van der Waals surface area contributed by atoms with Crippen LogP contribution in [0, 0.1) is 0 Å². The van der Waals surface area contributed by atoms with Gasteiger partial charge in [0.05, 0.1) is 30.4 Å². The van der Waals surface area contributed by atoms with Gasteiger partial charge in [-0.2, -0.15) is 0 Å². The normalized spacial score (nSPS) is 23.9. The maximum Gasteiger partial charge on any atom is 0.160 e. The Morgan fingerprint density at radius 2 is 2.04 bits per heavy atom. The van der Waals surface area contributed by atoms with Crippen LogP contribution >= 0.6 is 27.7 Å². The monoisotopic (exact) mass is 447 g/mol. The van der Waals surface area contributed by atoms with Gasteiger partial charge in [-0.3, -0.25) is 9.98 Å². The SMILES string of the molecule is CCC1CSC2=NC(c3ccccn3)C(c3cc(Br)c(OC)cc3OC)N21. The number of methoxy groups -OCH3 is 2. The summed E-state index contributed by atoms with van der Waals surface area (Å²) in [7, 11) is 3.37. The number of pyridine rings is 1. The van der Waals surface area contributed by atoms with Gasteiger partial charge >= 0.3 is 0 Å². The van der Waals surface area contributed by atoms with Crippen molar-refractivity contribution in [1.29, 1.82) is 0 Å². The molecule has 0 N–H and O–H groups in total. The minimum Gasteiger partial charge on any atom is -0.496 e. The highest BCUT2D eigenvalue weighted by molar-refractivity contribution is 9.10. The van der Waals surface area contributed by atoms with E-state index in [9.17, 15) is 0 Å². The van der Waals surface area contributed by atoms with E-state index < -0.39 is 0 Å². The number of thioether (sulfide) groups is 1. The summed E-state index contributed by atoms with van der Waals surface area (Å²) in [5.74, 6) is 2.64. The van der Waals surface area contributed by atoms with Gasteiger partial charge in [0.25, 0.3) is 0 Å². The van der Waals surface area contributed by atoms with Gasteiger partial charge in [0.15, 0.2) is 5.17 Å². The van der Waals surface area contributed by atoms with Gasteiger partial charge < -0.3 is 14.4 Å². The Morgan fingerprint density at radius 3 is 2.70 bits per heavy atom. The summed E-state index contributed by atoms with van der Waals surface area (Å²) in [4.78, 5) is 12.1. The van der Waals surface area contributed by atoms with Crippen molar-refractivity contribution in [3.63, 3.8) is 0 Å². The van der Waals surface area contributed by atoms with Gasteiger partial charge in [-0.25, -0.2) is 0 Å². The second-order valence-electron chi connectivity index (χ2n) is 6.57. The van der Waals surface area contributed by atoms with Gasteiger partial charge in [-0.1, -0.05) is 24.8 Å². The summed E-state index contributed by atoms with van der Waals surface area (Å²) in [5.41, 5.74) is 2.08. The van der Waals surface area contributed by atoms with Gasteiger partial charge in [0, 0.05) is 29.6 Å². The number of rotatable bonds is 5. The average Bonchev–Trinajstić information content (AvgIpc) is 3.27. The lowest BCUT2D eigenvalue weighted by Gasteiger charge is -2.33. The van der Waals surface area contributed by atoms with Crippen LogP contribution in [0.1, 0.15) is 36.7 Å². The van der Waals surface area contributed by atoms with Crippen LogP contribution < -0.4 is 9.47 Å². The molecule has 0 spiro atoms. The molecule has 0 amide bonds. The van der Waals surface area contributed by atoms with Crippen LogP contribution in [-0.4, -0.2) is 41.1 Å². The molecule has 3 unspecified atom stereocenters. The molecule has 4 rings (SSSR count). The summed E-state index contributed by atoms with van der Waals surface area (Å²) in [6.45, 7) is 2.24. The molecule has 1 fully saturated rings. The number of hydrogen-bond acceptors (Lipinski definition) is 6. The minimum atomic E-state index is -0.0581. The number of amidine groups is 1. The van der Waals surface area contributed by atoms with Crippen LogP contribution in [0.15, 0.2) is 46.0 Å². The number of benzene rings is 1. The molecule has 142 valence electrons. The first-order chi connectivity index (χ1) is 13.2. The molecule has 2 aliphatic heterocycles. The highest BCUT2D eigenvalue weighted by atomic mass is 79.9. The Labute approximate surface area is 172 Å². The van der Waals surface area contributed by atoms with Crippen LogP contribution in [-0.2, 0) is 0 Å². The summed E-state index contributed by atoms with van der Waals surface area (Å²) >= 11 is 5.48. The molecule has 0 bridgehead atoms. The van der Waals surface area contributed by atoms with Gasteiger partial charge in [0.2, 0.25) is 0 Å². The Morgan fingerprint density at radius 1 is 1.22 bits per heavy atom. The highest BCUT2D eigenvalue weighted by Crippen LogP contribution is 2.51. The van der Waals surface area contributed by atoms with Crippen molar-refractivity contribution in [2.45, 2.75) is 31.5 Å². The van der Waals surface area contributed by atoms with Crippen molar-refractivity contribution in [3.8, 4) is 11.5 Å². The van der Waals surface area contributed by atoms with Crippen LogP contribution in [0.25, 0.3) is 0 Å². The zero-order chi connectivity index (χ0) is 19.0. The quantitative estimate of drug-likeness (QED) is 0.655. The minimum absolute atomic E-state index is 0.0482. The van der Waals surface area contributed by atoms with E-state index in [-0.39, 0.29) is 12.1 Å². The van der Waals surface area contributed by atoms with E-state index in [0.717, 1.165) is 44.6 Å². The smallest absolute Gasteiger partial charge is 0.160 e. The third-order valence-corrected chi connectivity index (χ3v) is 6.90. The van der Waals surface area contributed by atoms with E-state index in [1.165, 1.54) is 0 Å². The number of nitrogens with zero attached hydrogens (tertiary/aromatic N) is 3. The lowest BCUT2D eigenvalue weighted by Crippen LogP contribution is -2.35. The molecule has 1 saturated heterocycles. The van der Waals surface area contributed by atoms with Gasteiger partial charge in [-0.05, 0) is 40.5 Å². The number of halogens is 1. The first kappa shape index (κ1) is 18.6. The Kier molecular flexibility index (Phi) is 5.32. The fraction of sp³-hybridized carbons (Fsp3) is 0.400. The number of aliphatic imine (C=N–C) groups is 1.